The number of rotatable bonds is 6. The summed E-state index contributed by atoms with van der Waals surface area (Å²) in [7, 11) is 0. The minimum atomic E-state index is -0.353. The molecule has 2 heterocycles. The predicted molar refractivity (Wildman–Crippen MR) is 103 cm³/mol. The second-order valence-corrected chi connectivity index (χ2v) is 6.20. The largest absolute Gasteiger partial charge is 0.370 e. The normalized spacial score (nSPS) is 10.9. The summed E-state index contributed by atoms with van der Waals surface area (Å²) in [4.78, 5) is 30.7. The Kier molecular flexibility index (Phi) is 5.32. The number of guanidine groups is 1. The number of aromatic amines is 1. The molecule has 0 saturated heterocycles. The van der Waals surface area contributed by atoms with Gasteiger partial charge in [0.05, 0.1) is 5.69 Å². The first kappa shape index (κ1) is 18.3. The number of benzene rings is 1. The lowest BCUT2D eigenvalue weighted by atomic mass is 10.2. The van der Waals surface area contributed by atoms with Gasteiger partial charge >= 0.3 is 5.69 Å². The van der Waals surface area contributed by atoms with Gasteiger partial charge in [0.25, 0.3) is 0 Å². The first-order valence-corrected chi connectivity index (χ1v) is 8.45. The van der Waals surface area contributed by atoms with E-state index in [2.05, 4.69) is 20.6 Å². The monoisotopic (exact) mass is 367 g/mol. The Balaban J connectivity index is 1.62. The zero-order valence-corrected chi connectivity index (χ0v) is 14.9. The van der Waals surface area contributed by atoms with Crippen molar-refractivity contribution >= 4 is 22.9 Å². The summed E-state index contributed by atoms with van der Waals surface area (Å²) < 4.78 is 1.51. The molecule has 27 heavy (non-hydrogen) atoms. The maximum Gasteiger partial charge on any atom is 0.354 e. The molecule has 9 nitrogen and oxygen atoms in total. The predicted octanol–water partition coefficient (Wildman–Crippen LogP) is 0.512. The van der Waals surface area contributed by atoms with Gasteiger partial charge < -0.3 is 16.0 Å². The standard InChI is InChI=1S/C18H21N7O2/c1-11-8-13-10-25(18(27)24-16(13)22-11)14-4-2-12(3-5-14)9-21-7-6-15(26)23-17(19)20/h2-5,8,10,21H,6-7,9H2,1H3,(H,22,24,27)(H4,19,20,23,26). The summed E-state index contributed by atoms with van der Waals surface area (Å²) in [5.41, 5.74) is 8.04. The highest BCUT2D eigenvalue weighted by atomic mass is 16.2. The average molecular weight is 367 g/mol. The van der Waals surface area contributed by atoms with Gasteiger partial charge in [-0.2, -0.15) is 4.98 Å². The fourth-order valence-electron chi connectivity index (χ4n) is 2.74. The topological polar surface area (TPSA) is 142 Å². The van der Waals surface area contributed by atoms with E-state index in [1.165, 1.54) is 4.57 Å². The second-order valence-electron chi connectivity index (χ2n) is 6.20. The third-order valence-corrected chi connectivity index (χ3v) is 3.99. The van der Waals surface area contributed by atoms with Crippen LogP contribution < -0.4 is 22.1 Å². The highest BCUT2D eigenvalue weighted by Crippen LogP contribution is 2.13. The van der Waals surface area contributed by atoms with Gasteiger partial charge in [-0.05, 0) is 30.7 Å². The maximum atomic E-state index is 12.2. The van der Waals surface area contributed by atoms with Gasteiger partial charge in [-0.25, -0.2) is 4.79 Å². The highest BCUT2D eigenvalue weighted by molar-refractivity contribution is 5.94. The number of hydrogen-bond donors (Lipinski definition) is 5. The molecule has 1 amide bonds. The van der Waals surface area contributed by atoms with Crippen molar-refractivity contribution in [3.05, 3.63) is 58.3 Å². The molecular weight excluding hydrogens is 346 g/mol. The Morgan fingerprint density at radius 3 is 2.78 bits per heavy atom. The van der Waals surface area contributed by atoms with Crippen molar-refractivity contribution in [2.45, 2.75) is 19.9 Å². The number of carbonyl (C=O) groups excluding carboxylic acids is 1. The highest BCUT2D eigenvalue weighted by Gasteiger charge is 2.06. The van der Waals surface area contributed by atoms with E-state index in [1.807, 2.05) is 37.3 Å². The molecule has 0 unspecified atom stereocenters. The Morgan fingerprint density at radius 1 is 1.33 bits per heavy atom. The number of hydrogen-bond acceptors (Lipinski definition) is 5. The fraction of sp³-hybridized carbons (Fsp3) is 0.222. The summed E-state index contributed by atoms with van der Waals surface area (Å²) in [5.74, 6) is -0.652. The Morgan fingerprint density at radius 2 is 2.07 bits per heavy atom. The van der Waals surface area contributed by atoms with Crippen molar-refractivity contribution in [3.8, 4) is 5.69 Å². The first-order valence-electron chi connectivity index (χ1n) is 8.45. The molecular formula is C18H21N7O2. The Bertz CT molecular complexity index is 1030. The fourth-order valence-corrected chi connectivity index (χ4v) is 2.74. The molecule has 0 bridgehead atoms. The molecule has 9 heteroatoms. The summed E-state index contributed by atoms with van der Waals surface area (Å²) in [6.45, 7) is 2.96. The molecule has 0 aliphatic carbocycles. The van der Waals surface area contributed by atoms with E-state index in [4.69, 9.17) is 11.1 Å². The molecule has 0 fully saturated rings. The third-order valence-electron chi connectivity index (χ3n) is 3.99. The molecule has 6 N–H and O–H groups in total. The molecule has 140 valence electrons. The van der Waals surface area contributed by atoms with Crippen molar-refractivity contribution in [2.24, 2.45) is 5.73 Å². The molecule has 0 aliphatic heterocycles. The third kappa shape index (κ3) is 4.59. The van der Waals surface area contributed by atoms with Gasteiger partial charge in [0.1, 0.15) is 5.65 Å². The van der Waals surface area contributed by atoms with Crippen molar-refractivity contribution in [1.29, 1.82) is 5.41 Å². The molecule has 0 spiro atoms. The molecule has 2 aromatic heterocycles. The summed E-state index contributed by atoms with van der Waals surface area (Å²) in [6.07, 6.45) is 2.00. The van der Waals surface area contributed by atoms with E-state index in [1.54, 1.807) is 6.20 Å². The van der Waals surface area contributed by atoms with Crippen LogP contribution in [-0.4, -0.2) is 32.9 Å². The number of amides is 1. The van der Waals surface area contributed by atoms with E-state index in [0.29, 0.717) is 18.7 Å². The van der Waals surface area contributed by atoms with Crippen molar-refractivity contribution in [1.82, 2.24) is 25.2 Å². The van der Waals surface area contributed by atoms with Crippen LogP contribution in [0.1, 0.15) is 17.7 Å². The quantitative estimate of drug-likeness (QED) is 0.245. The minimum absolute atomic E-state index is 0.231. The van der Waals surface area contributed by atoms with E-state index in [9.17, 15) is 9.59 Å². The number of nitrogens with one attached hydrogen (secondary N) is 4. The number of H-pyrrole nitrogens is 1. The first-order chi connectivity index (χ1) is 12.9. The van der Waals surface area contributed by atoms with Crippen molar-refractivity contribution < 1.29 is 4.79 Å². The Labute approximate surface area is 155 Å². The van der Waals surface area contributed by atoms with Crippen LogP contribution in [0.5, 0.6) is 0 Å². The van der Waals surface area contributed by atoms with Gasteiger partial charge in [-0.15, -0.1) is 0 Å². The molecule has 3 rings (SSSR count). The lowest BCUT2D eigenvalue weighted by molar-refractivity contribution is -0.119. The van der Waals surface area contributed by atoms with Gasteiger partial charge in [-0.1, -0.05) is 12.1 Å². The van der Waals surface area contributed by atoms with E-state index < -0.39 is 0 Å². The molecule has 0 atom stereocenters. The second kappa shape index (κ2) is 7.83. The van der Waals surface area contributed by atoms with E-state index >= 15 is 0 Å². The van der Waals surface area contributed by atoms with Crippen LogP contribution in [0.4, 0.5) is 0 Å². The minimum Gasteiger partial charge on any atom is -0.370 e. The zero-order chi connectivity index (χ0) is 19.4. The van der Waals surface area contributed by atoms with Crippen LogP contribution in [0.3, 0.4) is 0 Å². The van der Waals surface area contributed by atoms with Crippen LogP contribution in [0.2, 0.25) is 0 Å². The lowest BCUT2D eigenvalue weighted by Crippen LogP contribution is -2.37. The van der Waals surface area contributed by atoms with Gasteiger partial charge in [0, 0.05) is 36.8 Å². The van der Waals surface area contributed by atoms with Crippen molar-refractivity contribution in [2.75, 3.05) is 6.54 Å². The maximum absolute atomic E-state index is 12.2. The van der Waals surface area contributed by atoms with Crippen LogP contribution in [0.25, 0.3) is 16.7 Å². The number of nitrogens with two attached hydrogens (primary N) is 1. The SMILES string of the molecule is Cc1cc2cn(-c3ccc(CNCCC(=O)NC(=N)N)cc3)c(=O)nc2[nH]1. The average Bonchev–Trinajstić information content (AvgIpc) is 2.97. The molecule has 3 aromatic rings. The van der Waals surface area contributed by atoms with Gasteiger partial charge in [0.2, 0.25) is 5.91 Å². The number of carbonyl (C=O) groups is 1. The summed E-state index contributed by atoms with van der Waals surface area (Å²) >= 11 is 0. The van der Waals surface area contributed by atoms with E-state index in [0.717, 1.165) is 22.3 Å². The molecule has 0 radical (unpaired) electrons. The number of nitrogens with zero attached hydrogens (tertiary/aromatic N) is 2. The van der Waals surface area contributed by atoms with Crippen molar-refractivity contribution in [3.63, 3.8) is 0 Å². The van der Waals surface area contributed by atoms with Gasteiger partial charge in [0.15, 0.2) is 5.96 Å². The number of aromatic nitrogens is 3. The van der Waals surface area contributed by atoms with E-state index in [-0.39, 0.29) is 24.0 Å². The van der Waals surface area contributed by atoms with Crippen LogP contribution in [-0.2, 0) is 11.3 Å². The molecule has 1 aromatic carbocycles. The van der Waals surface area contributed by atoms with Gasteiger partial charge in [-0.3, -0.25) is 20.1 Å². The number of fused-ring (bicyclic) bond motifs is 1. The summed E-state index contributed by atoms with van der Waals surface area (Å²) in [6, 6.07) is 9.48. The smallest absolute Gasteiger partial charge is 0.354 e. The lowest BCUT2D eigenvalue weighted by Gasteiger charge is -2.08. The van der Waals surface area contributed by atoms with Crippen LogP contribution in [0, 0.1) is 12.3 Å². The molecule has 0 aliphatic rings. The summed E-state index contributed by atoms with van der Waals surface area (Å²) in [5, 5.41) is 13.2. The molecule has 0 saturated carbocycles. The zero-order valence-electron chi connectivity index (χ0n) is 14.9. The number of aryl methyl sites for hydroxylation is 1. The van der Waals surface area contributed by atoms with Crippen LogP contribution >= 0.6 is 0 Å². The van der Waals surface area contributed by atoms with Crippen LogP contribution in [0.15, 0.2) is 41.3 Å². The Hall–Kier alpha value is -3.46.